The number of fused-ring (bicyclic) bond motifs is 1. The molecule has 3 aliphatic rings. The molecule has 64 heavy (non-hydrogen) atoms. The summed E-state index contributed by atoms with van der Waals surface area (Å²) in [6.07, 6.45) is 6.31. The van der Waals surface area contributed by atoms with Crippen molar-refractivity contribution in [3.63, 3.8) is 0 Å². The second-order valence-electron chi connectivity index (χ2n) is 16.9. The van der Waals surface area contributed by atoms with E-state index in [1.165, 1.54) is 0 Å². The molecule has 2 aromatic carbocycles. The molecule has 18 heteroatoms. The first-order chi connectivity index (χ1) is 30.9. The SMILES string of the molecule is Cc1cccc(CCNCCC(CCO)C(=O)N2CC3(C2)CN(c2ccc(-c4n[nH]c5ccc(O[C@H](C)c6c(Cl)cncc6Cl)cc45)cn2)C3)c1C(=O)N(C=O)C1CCC(=O)NC1=O. The Balaban J connectivity index is 0.806. The third kappa shape index (κ3) is 9.18. The molecule has 3 aromatic heterocycles. The molecule has 1 spiro atoms. The average Bonchev–Trinajstić information content (AvgIpc) is 3.66. The van der Waals surface area contributed by atoms with Gasteiger partial charge in [-0.1, -0.05) is 41.4 Å². The number of ether oxygens (including phenoxy) is 1. The van der Waals surface area contributed by atoms with Crippen molar-refractivity contribution in [3.8, 4) is 17.0 Å². The molecule has 3 aliphatic heterocycles. The summed E-state index contributed by atoms with van der Waals surface area (Å²) in [5.74, 6) is -0.507. The number of piperidine rings is 1. The number of aromatic amines is 1. The number of H-pyrrole nitrogens is 1. The fraction of sp³-hybridized carbons (Fsp3) is 0.391. The second-order valence-corrected chi connectivity index (χ2v) is 17.7. The predicted molar refractivity (Wildman–Crippen MR) is 240 cm³/mol. The van der Waals surface area contributed by atoms with E-state index in [2.05, 4.69) is 30.7 Å². The van der Waals surface area contributed by atoms with Crippen LogP contribution in [0.5, 0.6) is 5.75 Å². The van der Waals surface area contributed by atoms with Crippen LogP contribution >= 0.6 is 23.2 Å². The Morgan fingerprint density at radius 2 is 1.83 bits per heavy atom. The van der Waals surface area contributed by atoms with Crippen molar-refractivity contribution in [1.82, 2.24) is 40.6 Å². The summed E-state index contributed by atoms with van der Waals surface area (Å²) in [6, 6.07) is 14.1. The van der Waals surface area contributed by atoms with Crippen molar-refractivity contribution in [3.05, 3.63) is 99.4 Å². The molecule has 3 atom stereocenters. The molecule has 0 radical (unpaired) electrons. The molecule has 3 fully saturated rings. The highest BCUT2D eigenvalue weighted by Gasteiger charge is 2.54. The number of pyridine rings is 2. The lowest BCUT2D eigenvalue weighted by atomic mass is 9.72. The highest BCUT2D eigenvalue weighted by Crippen LogP contribution is 2.43. The lowest BCUT2D eigenvalue weighted by molar-refractivity contribution is -0.150. The van der Waals surface area contributed by atoms with Gasteiger partial charge in [0.1, 0.15) is 29.4 Å². The fourth-order valence-electron chi connectivity index (χ4n) is 9.13. The standard InChI is InChI=1S/C46H49Cl2N9O7/c1-27-4-3-5-29(40(27)45(63)57(26-59)37-9-11-39(60)52-43(37)61)12-15-49-16-13-30(14-17-58)44(62)56-24-46(25-56)22-55(23-46)38-10-6-31(19-51-38)42-33-18-32(7-8-36(33)53-54-42)64-28(2)41-34(47)20-50-21-35(41)48/h3-8,10,18-21,26,28,30,37,49,58H,9,11-17,22-25H2,1-2H3,(H,53,54)(H,52,60,61)/t28-,30?,37?/m1/s1. The van der Waals surface area contributed by atoms with Crippen LogP contribution in [0.4, 0.5) is 5.82 Å². The maximum absolute atomic E-state index is 13.6. The fourth-order valence-corrected chi connectivity index (χ4v) is 9.80. The molecule has 5 aromatic rings. The van der Waals surface area contributed by atoms with Gasteiger partial charge >= 0.3 is 0 Å². The van der Waals surface area contributed by atoms with Crippen molar-refractivity contribution in [2.24, 2.45) is 11.3 Å². The van der Waals surface area contributed by atoms with Crippen molar-refractivity contribution >= 4 is 70.0 Å². The van der Waals surface area contributed by atoms with Gasteiger partial charge in [0.15, 0.2) is 0 Å². The van der Waals surface area contributed by atoms with Crippen LogP contribution in [-0.4, -0.2) is 117 Å². The summed E-state index contributed by atoms with van der Waals surface area (Å²) < 4.78 is 6.23. The largest absolute Gasteiger partial charge is 0.486 e. The van der Waals surface area contributed by atoms with E-state index < -0.39 is 29.9 Å². The van der Waals surface area contributed by atoms with Gasteiger partial charge in [0.2, 0.25) is 24.1 Å². The van der Waals surface area contributed by atoms with Crippen LogP contribution in [-0.2, 0) is 25.6 Å². The highest BCUT2D eigenvalue weighted by molar-refractivity contribution is 6.35. The Morgan fingerprint density at radius 1 is 1.05 bits per heavy atom. The number of carbonyl (C=O) groups is 5. The number of aromatic nitrogens is 4. The Kier molecular flexibility index (Phi) is 13.3. The Bertz CT molecular complexity index is 2550. The number of imide groups is 2. The zero-order valence-electron chi connectivity index (χ0n) is 35.5. The molecule has 6 heterocycles. The van der Waals surface area contributed by atoms with E-state index in [4.69, 9.17) is 32.9 Å². The van der Waals surface area contributed by atoms with Gasteiger partial charge < -0.3 is 25.0 Å². The normalized spacial score (nSPS) is 17.7. The maximum Gasteiger partial charge on any atom is 0.261 e. The molecule has 8 rings (SSSR count). The van der Waals surface area contributed by atoms with Crippen LogP contribution in [0.2, 0.25) is 10.0 Å². The number of hydrogen-bond donors (Lipinski definition) is 4. The van der Waals surface area contributed by atoms with Crippen LogP contribution < -0.4 is 20.3 Å². The number of nitrogens with zero attached hydrogens (tertiary/aromatic N) is 6. The van der Waals surface area contributed by atoms with Crippen molar-refractivity contribution in [2.75, 3.05) is 50.8 Å². The topological polar surface area (TPSA) is 203 Å². The number of benzene rings is 2. The van der Waals surface area contributed by atoms with Gasteiger partial charge in [-0.15, -0.1) is 0 Å². The first-order valence-corrected chi connectivity index (χ1v) is 22.1. The maximum atomic E-state index is 13.6. The van der Waals surface area contributed by atoms with E-state index in [1.807, 2.05) is 60.5 Å². The second kappa shape index (κ2) is 19.0. The molecule has 2 unspecified atom stereocenters. The monoisotopic (exact) mass is 909 g/mol. The first kappa shape index (κ1) is 44.7. The van der Waals surface area contributed by atoms with Crippen LogP contribution in [0.15, 0.2) is 67.1 Å². The summed E-state index contributed by atoms with van der Waals surface area (Å²) >= 11 is 12.7. The molecule has 5 amide bonds. The lowest BCUT2D eigenvalue weighted by Gasteiger charge is -2.61. The number of anilines is 1. The predicted octanol–water partition coefficient (Wildman–Crippen LogP) is 5.05. The zero-order valence-corrected chi connectivity index (χ0v) is 37.0. The minimum Gasteiger partial charge on any atom is -0.486 e. The van der Waals surface area contributed by atoms with E-state index in [0.29, 0.717) is 89.9 Å². The van der Waals surface area contributed by atoms with Gasteiger partial charge in [0, 0.05) is 91.2 Å². The minimum absolute atomic E-state index is 0.00920. The number of aliphatic hydroxyl groups is 1. The third-order valence-corrected chi connectivity index (χ3v) is 13.0. The number of carbonyl (C=O) groups excluding carboxylic acids is 5. The first-order valence-electron chi connectivity index (χ1n) is 21.3. The summed E-state index contributed by atoms with van der Waals surface area (Å²) in [4.78, 5) is 77.2. The minimum atomic E-state index is -1.06. The lowest BCUT2D eigenvalue weighted by Crippen LogP contribution is -2.73. The Morgan fingerprint density at radius 3 is 2.53 bits per heavy atom. The molecule has 4 N–H and O–H groups in total. The van der Waals surface area contributed by atoms with Crippen LogP contribution in [0.3, 0.4) is 0 Å². The summed E-state index contributed by atoms with van der Waals surface area (Å²) in [7, 11) is 0. The van der Waals surface area contributed by atoms with E-state index in [1.54, 1.807) is 25.4 Å². The Labute approximate surface area is 379 Å². The van der Waals surface area contributed by atoms with E-state index in [-0.39, 0.29) is 36.7 Å². The average molecular weight is 911 g/mol. The third-order valence-electron chi connectivity index (χ3n) is 12.4. The molecule has 0 saturated carbocycles. The number of likely N-dealkylation sites (tertiary alicyclic amines) is 1. The molecule has 0 bridgehead atoms. The van der Waals surface area contributed by atoms with Gasteiger partial charge in [-0.25, -0.2) is 4.98 Å². The van der Waals surface area contributed by atoms with Crippen LogP contribution in [0, 0.1) is 18.3 Å². The van der Waals surface area contributed by atoms with Crippen molar-refractivity contribution < 1.29 is 33.8 Å². The van der Waals surface area contributed by atoms with Gasteiger partial charge in [-0.05, 0) is 94.1 Å². The number of aliphatic hydroxyl groups excluding tert-OH is 1. The number of amides is 5. The number of rotatable bonds is 17. The van der Waals surface area contributed by atoms with Crippen LogP contribution in [0.1, 0.15) is 65.8 Å². The smallest absolute Gasteiger partial charge is 0.261 e. The van der Waals surface area contributed by atoms with Crippen LogP contribution in [0.25, 0.3) is 22.2 Å². The quantitative estimate of drug-likeness (QED) is 0.0551. The van der Waals surface area contributed by atoms with Crippen molar-refractivity contribution in [1.29, 1.82) is 0 Å². The van der Waals surface area contributed by atoms with Gasteiger partial charge in [-0.2, -0.15) is 5.10 Å². The number of aryl methyl sites for hydroxylation is 1. The van der Waals surface area contributed by atoms with E-state index in [9.17, 15) is 29.1 Å². The molecular weight excluding hydrogens is 861 g/mol. The van der Waals surface area contributed by atoms with Crippen molar-refractivity contribution in [2.45, 2.75) is 58.1 Å². The number of halogens is 2. The van der Waals surface area contributed by atoms with E-state index >= 15 is 0 Å². The summed E-state index contributed by atoms with van der Waals surface area (Å²) in [6.45, 7) is 7.45. The molecule has 3 saturated heterocycles. The highest BCUT2D eigenvalue weighted by atomic mass is 35.5. The molecule has 334 valence electrons. The van der Waals surface area contributed by atoms with E-state index in [0.717, 1.165) is 46.0 Å². The van der Waals surface area contributed by atoms with Gasteiger partial charge in [-0.3, -0.25) is 44.3 Å². The summed E-state index contributed by atoms with van der Waals surface area (Å²) in [5, 5.41) is 24.8. The van der Waals surface area contributed by atoms with Gasteiger partial charge in [0.05, 0.1) is 15.6 Å². The molecule has 0 aliphatic carbocycles. The Hall–Kier alpha value is -5.94. The molecular formula is C46H49Cl2N9O7. The number of nitrogens with one attached hydrogen (secondary N) is 3. The number of hydrogen-bond acceptors (Lipinski definition) is 12. The zero-order chi connectivity index (χ0) is 45.1. The summed E-state index contributed by atoms with van der Waals surface area (Å²) in [5.41, 5.74) is 4.85. The molecule has 16 nitrogen and oxygen atoms in total. The van der Waals surface area contributed by atoms with Gasteiger partial charge in [0.25, 0.3) is 5.91 Å².